The molecule has 2 fully saturated rings. The molecule has 2 rings (SSSR count). The lowest BCUT2D eigenvalue weighted by atomic mass is 9.98. The van der Waals surface area contributed by atoms with Crippen LogP contribution in [0.3, 0.4) is 0 Å². The lowest BCUT2D eigenvalue weighted by Gasteiger charge is -2.23. The van der Waals surface area contributed by atoms with Gasteiger partial charge in [-0.2, -0.15) is 0 Å². The molecule has 2 amide bonds. The molecule has 96 valence electrons. The van der Waals surface area contributed by atoms with E-state index in [9.17, 15) is 9.59 Å². The largest absolute Gasteiger partial charge is 0.352 e. The van der Waals surface area contributed by atoms with Crippen LogP contribution in [0.25, 0.3) is 0 Å². The molecule has 0 spiro atoms. The van der Waals surface area contributed by atoms with Gasteiger partial charge in [0.1, 0.15) is 6.04 Å². The highest BCUT2D eigenvalue weighted by Crippen LogP contribution is 2.18. The predicted molar refractivity (Wildman–Crippen MR) is 64.4 cm³/mol. The first-order chi connectivity index (χ1) is 8.16. The van der Waals surface area contributed by atoms with E-state index in [0.29, 0.717) is 6.04 Å². The number of nitrogens with one attached hydrogen (secondary N) is 3. The zero-order valence-electron chi connectivity index (χ0n) is 10.3. The highest BCUT2D eigenvalue weighted by molar-refractivity contribution is 5.88. The van der Waals surface area contributed by atoms with Crippen molar-refractivity contribution in [3.05, 3.63) is 0 Å². The summed E-state index contributed by atoms with van der Waals surface area (Å²) in [5, 5.41) is 8.88. The normalized spacial score (nSPS) is 26.1. The summed E-state index contributed by atoms with van der Waals surface area (Å²) < 4.78 is 0. The number of carbonyl (C=O) groups is 2. The van der Waals surface area contributed by atoms with Gasteiger partial charge in [-0.1, -0.05) is 0 Å². The van der Waals surface area contributed by atoms with Crippen LogP contribution in [0.2, 0.25) is 0 Å². The number of hydrogen-bond acceptors (Lipinski definition) is 3. The number of piperidine rings is 1. The topological polar surface area (TPSA) is 70.2 Å². The zero-order valence-corrected chi connectivity index (χ0v) is 10.3. The van der Waals surface area contributed by atoms with E-state index in [0.717, 1.165) is 38.8 Å². The molecule has 1 aliphatic carbocycles. The van der Waals surface area contributed by atoms with Gasteiger partial charge in [-0.05, 0) is 39.2 Å². The van der Waals surface area contributed by atoms with Crippen LogP contribution in [0.5, 0.6) is 0 Å². The predicted octanol–water partition coefficient (Wildman–Crippen LogP) is -0.231. The summed E-state index contributed by atoms with van der Waals surface area (Å²) in [6.07, 6.45) is 4.08. The van der Waals surface area contributed by atoms with Crippen LogP contribution in [-0.4, -0.2) is 37.0 Å². The van der Waals surface area contributed by atoms with Gasteiger partial charge in [0.15, 0.2) is 0 Å². The van der Waals surface area contributed by atoms with Crippen molar-refractivity contribution in [1.82, 2.24) is 16.0 Å². The molecule has 5 heteroatoms. The molecule has 0 aromatic carbocycles. The second kappa shape index (κ2) is 5.49. The first kappa shape index (κ1) is 12.4. The lowest BCUT2D eigenvalue weighted by Crippen LogP contribution is -2.49. The fourth-order valence-corrected chi connectivity index (χ4v) is 2.03. The monoisotopic (exact) mass is 239 g/mol. The van der Waals surface area contributed by atoms with E-state index < -0.39 is 6.04 Å². The van der Waals surface area contributed by atoms with Crippen molar-refractivity contribution in [1.29, 1.82) is 0 Å². The van der Waals surface area contributed by atoms with E-state index in [2.05, 4.69) is 16.0 Å². The van der Waals surface area contributed by atoms with Gasteiger partial charge in [0.25, 0.3) is 0 Å². The quantitative estimate of drug-likeness (QED) is 0.634. The molecule has 17 heavy (non-hydrogen) atoms. The van der Waals surface area contributed by atoms with Crippen molar-refractivity contribution in [2.24, 2.45) is 5.92 Å². The Morgan fingerprint density at radius 1 is 1.29 bits per heavy atom. The summed E-state index contributed by atoms with van der Waals surface area (Å²) in [5.74, 6) is -0.0554. The number of carbonyl (C=O) groups excluding carboxylic acids is 2. The first-order valence-corrected chi connectivity index (χ1v) is 6.48. The number of hydrogen-bond donors (Lipinski definition) is 3. The van der Waals surface area contributed by atoms with Crippen LogP contribution < -0.4 is 16.0 Å². The lowest BCUT2D eigenvalue weighted by molar-refractivity contribution is -0.131. The van der Waals surface area contributed by atoms with Gasteiger partial charge in [-0.25, -0.2) is 0 Å². The van der Waals surface area contributed by atoms with Gasteiger partial charge in [-0.3, -0.25) is 9.59 Å². The van der Waals surface area contributed by atoms with Crippen molar-refractivity contribution in [3.63, 3.8) is 0 Å². The van der Waals surface area contributed by atoms with Crippen LogP contribution in [-0.2, 0) is 9.59 Å². The Morgan fingerprint density at radius 2 is 2.06 bits per heavy atom. The molecule has 1 heterocycles. The maximum Gasteiger partial charge on any atom is 0.242 e. The second-order valence-corrected chi connectivity index (χ2v) is 5.06. The third-order valence-corrected chi connectivity index (χ3v) is 3.34. The zero-order chi connectivity index (χ0) is 12.3. The van der Waals surface area contributed by atoms with Gasteiger partial charge in [0, 0.05) is 12.6 Å². The van der Waals surface area contributed by atoms with Crippen molar-refractivity contribution in [2.45, 2.75) is 44.7 Å². The summed E-state index contributed by atoms with van der Waals surface area (Å²) in [4.78, 5) is 23.6. The van der Waals surface area contributed by atoms with Crippen molar-refractivity contribution < 1.29 is 9.59 Å². The Bertz CT molecular complexity index is 296. The smallest absolute Gasteiger partial charge is 0.242 e. The summed E-state index contributed by atoms with van der Waals surface area (Å²) in [6, 6.07) is -0.0803. The van der Waals surface area contributed by atoms with Crippen molar-refractivity contribution in [3.8, 4) is 0 Å². The van der Waals surface area contributed by atoms with Crippen LogP contribution in [0, 0.1) is 5.92 Å². The Kier molecular flexibility index (Phi) is 3.99. The Balaban J connectivity index is 1.73. The summed E-state index contributed by atoms with van der Waals surface area (Å²) in [6.45, 7) is 3.45. The molecule has 0 radical (unpaired) electrons. The van der Waals surface area contributed by atoms with Crippen molar-refractivity contribution in [2.75, 3.05) is 13.1 Å². The average molecular weight is 239 g/mol. The third kappa shape index (κ3) is 3.70. The Hall–Kier alpha value is -1.10. The highest BCUT2D eigenvalue weighted by atomic mass is 16.2. The molecule has 1 saturated carbocycles. The van der Waals surface area contributed by atoms with Gasteiger partial charge in [-0.15, -0.1) is 0 Å². The molecule has 0 aromatic heterocycles. The Labute approximate surface area is 102 Å². The first-order valence-electron chi connectivity index (χ1n) is 6.48. The van der Waals surface area contributed by atoms with Crippen LogP contribution in [0.1, 0.15) is 32.6 Å². The van der Waals surface area contributed by atoms with E-state index >= 15 is 0 Å². The van der Waals surface area contributed by atoms with Gasteiger partial charge >= 0.3 is 0 Å². The van der Waals surface area contributed by atoms with Gasteiger partial charge in [0.05, 0.1) is 5.92 Å². The molecule has 3 N–H and O–H groups in total. The fourth-order valence-electron chi connectivity index (χ4n) is 2.03. The van der Waals surface area contributed by atoms with E-state index in [1.807, 2.05) is 0 Å². The van der Waals surface area contributed by atoms with Crippen LogP contribution in [0.4, 0.5) is 0 Å². The molecular formula is C12H21N3O2. The van der Waals surface area contributed by atoms with Crippen LogP contribution >= 0.6 is 0 Å². The molecular weight excluding hydrogens is 218 g/mol. The molecule has 2 aliphatic rings. The summed E-state index contributed by atoms with van der Waals surface area (Å²) in [5.41, 5.74) is 0. The third-order valence-electron chi connectivity index (χ3n) is 3.34. The Morgan fingerprint density at radius 3 is 2.65 bits per heavy atom. The maximum atomic E-state index is 11.9. The maximum absolute atomic E-state index is 11.9. The average Bonchev–Trinajstić information content (AvgIpc) is 3.14. The van der Waals surface area contributed by atoms with E-state index in [-0.39, 0.29) is 17.7 Å². The number of rotatable bonds is 4. The standard InChI is InChI=1S/C12H21N3O2/c1-8(11(16)15-10-4-5-10)14-12(17)9-3-2-6-13-7-9/h8-10,13H,2-7H2,1H3,(H,14,17)(H,15,16)/t8?,9-/m1/s1. The fraction of sp³-hybridized carbons (Fsp3) is 0.833. The molecule has 2 atom stereocenters. The molecule has 0 aromatic rings. The highest BCUT2D eigenvalue weighted by Gasteiger charge is 2.28. The van der Waals surface area contributed by atoms with E-state index in [1.165, 1.54) is 0 Å². The molecule has 1 saturated heterocycles. The minimum Gasteiger partial charge on any atom is -0.352 e. The second-order valence-electron chi connectivity index (χ2n) is 5.06. The SMILES string of the molecule is CC(NC(=O)[C@@H]1CCCNC1)C(=O)NC1CC1. The van der Waals surface area contributed by atoms with Crippen LogP contribution in [0.15, 0.2) is 0 Å². The minimum absolute atomic E-state index is 0.00403. The molecule has 0 bridgehead atoms. The summed E-state index contributed by atoms with van der Waals surface area (Å²) >= 11 is 0. The van der Waals surface area contributed by atoms with Crippen molar-refractivity contribution >= 4 is 11.8 Å². The van der Waals surface area contributed by atoms with E-state index in [1.54, 1.807) is 6.92 Å². The molecule has 1 aliphatic heterocycles. The molecule has 1 unspecified atom stereocenters. The number of amides is 2. The molecule has 5 nitrogen and oxygen atoms in total. The van der Waals surface area contributed by atoms with Gasteiger partial charge in [0.2, 0.25) is 11.8 Å². The summed E-state index contributed by atoms with van der Waals surface area (Å²) in [7, 11) is 0. The van der Waals surface area contributed by atoms with Gasteiger partial charge < -0.3 is 16.0 Å². The van der Waals surface area contributed by atoms with E-state index in [4.69, 9.17) is 0 Å². The minimum atomic E-state index is -0.426.